The average molecular weight is 381 g/mol. The van der Waals surface area contributed by atoms with Crippen LogP contribution < -0.4 is 0 Å². The van der Waals surface area contributed by atoms with Crippen molar-refractivity contribution in [2.45, 2.75) is 38.0 Å². The lowest BCUT2D eigenvalue weighted by Gasteiger charge is -2.15. The third-order valence-electron chi connectivity index (χ3n) is 3.03. The first-order valence-corrected chi connectivity index (χ1v) is 8.63. The second kappa shape index (κ2) is 9.99. The van der Waals surface area contributed by atoms with Crippen LogP contribution in [0.3, 0.4) is 0 Å². The number of nitrogens with zero attached hydrogens (tertiary/aromatic N) is 4. The molecule has 1 heterocycles. The highest BCUT2D eigenvalue weighted by molar-refractivity contribution is 8.07. The van der Waals surface area contributed by atoms with Gasteiger partial charge >= 0.3 is 0 Å². The summed E-state index contributed by atoms with van der Waals surface area (Å²) in [6.07, 6.45) is 4.78. The number of carbonyl (C=O) groups is 1. The van der Waals surface area contributed by atoms with Crippen LogP contribution in [0.5, 0.6) is 0 Å². The van der Waals surface area contributed by atoms with Crippen LogP contribution in [0.2, 0.25) is 0 Å². The third-order valence-corrected chi connectivity index (χ3v) is 4.36. The number of aromatic nitrogens is 2. The van der Waals surface area contributed by atoms with Gasteiger partial charge in [-0.2, -0.15) is 13.5 Å². The number of Topliss-reactive ketones (excluding diaryl/α,β-unsaturated/α-hetero) is 1. The second-order valence-corrected chi connectivity index (χ2v) is 6.48. The molecule has 5 nitrogen and oxygen atoms in total. The van der Waals surface area contributed by atoms with Crippen molar-refractivity contribution in [3.8, 4) is 0 Å². The number of hydrogen-bond donors (Lipinski definition) is 1. The molecule has 0 radical (unpaired) electrons. The molecule has 10 heteroatoms. The Hall–Kier alpha value is -1.00. The largest absolute Gasteiger partial charge is 0.300 e. The van der Waals surface area contributed by atoms with E-state index in [0.29, 0.717) is 33.7 Å². The zero-order chi connectivity index (χ0) is 17.4. The molecule has 0 aliphatic rings. The molecule has 0 fully saturated rings. The summed E-state index contributed by atoms with van der Waals surface area (Å²) in [4.78, 5) is 16.1. The molecule has 0 aromatic carbocycles. The first-order chi connectivity index (χ1) is 10.9. The monoisotopic (exact) mass is 380 g/mol. The lowest BCUT2D eigenvalue weighted by Crippen LogP contribution is -2.09. The summed E-state index contributed by atoms with van der Waals surface area (Å²) in [5.41, 5.74) is 0. The van der Waals surface area contributed by atoms with E-state index in [1.165, 1.54) is 10.9 Å². The maximum absolute atomic E-state index is 12.6. The Labute approximate surface area is 148 Å². The van der Waals surface area contributed by atoms with Gasteiger partial charge in [-0.1, -0.05) is 20.4 Å². The lowest BCUT2D eigenvalue weighted by molar-refractivity contribution is -0.118. The fourth-order valence-corrected chi connectivity index (χ4v) is 2.25. The van der Waals surface area contributed by atoms with Crippen LogP contribution in [0, 0.1) is 5.92 Å². The summed E-state index contributed by atoms with van der Waals surface area (Å²) in [6.45, 7) is 7.35. The SMILES string of the molecule is C=C(N(SF)SF)n1ncc(S)c1/N=C/C(C)CCC(=O)CC. The maximum Gasteiger partial charge on any atom is 0.179 e. The van der Waals surface area contributed by atoms with Crippen LogP contribution in [0.25, 0.3) is 5.82 Å². The summed E-state index contributed by atoms with van der Waals surface area (Å²) in [6, 6.07) is 0. The third kappa shape index (κ3) is 5.85. The predicted octanol–water partition coefficient (Wildman–Crippen LogP) is 5.07. The molecule has 23 heavy (non-hydrogen) atoms. The number of halogens is 2. The van der Waals surface area contributed by atoms with E-state index in [4.69, 9.17) is 0 Å². The highest BCUT2D eigenvalue weighted by atomic mass is 32.3. The minimum absolute atomic E-state index is 0.0359. The molecule has 0 spiro atoms. The van der Waals surface area contributed by atoms with E-state index in [9.17, 15) is 12.6 Å². The summed E-state index contributed by atoms with van der Waals surface area (Å²) in [5.74, 6) is 0.553. The van der Waals surface area contributed by atoms with E-state index in [0.717, 1.165) is 0 Å². The Balaban J connectivity index is 2.84. The molecule has 1 aromatic heterocycles. The van der Waals surface area contributed by atoms with Gasteiger partial charge in [0.15, 0.2) is 36.3 Å². The Morgan fingerprint density at radius 1 is 1.61 bits per heavy atom. The molecule has 0 aliphatic carbocycles. The Morgan fingerprint density at radius 2 is 2.26 bits per heavy atom. The van der Waals surface area contributed by atoms with Crippen LogP contribution in [-0.2, 0) is 4.79 Å². The first kappa shape index (κ1) is 20.0. The molecular weight excluding hydrogens is 362 g/mol. The van der Waals surface area contributed by atoms with Crippen molar-refractivity contribution in [2.75, 3.05) is 0 Å². The van der Waals surface area contributed by atoms with E-state index in [-0.39, 0.29) is 42.2 Å². The fraction of sp³-hybridized carbons (Fsp3) is 0.462. The van der Waals surface area contributed by atoms with Crippen LogP contribution >= 0.6 is 37.3 Å². The summed E-state index contributed by atoms with van der Waals surface area (Å²) in [5, 5.41) is 3.97. The number of rotatable bonds is 10. The van der Waals surface area contributed by atoms with Crippen LogP contribution in [0.4, 0.5) is 13.6 Å². The molecule has 1 unspecified atom stereocenters. The molecule has 1 rings (SSSR count). The molecule has 0 bridgehead atoms. The van der Waals surface area contributed by atoms with Gasteiger partial charge in [0.2, 0.25) is 0 Å². The van der Waals surface area contributed by atoms with Crippen molar-refractivity contribution in [2.24, 2.45) is 10.9 Å². The molecule has 0 saturated carbocycles. The average Bonchev–Trinajstić information content (AvgIpc) is 2.92. The van der Waals surface area contributed by atoms with E-state index < -0.39 is 0 Å². The number of aliphatic imine (C=N–C) groups is 1. The summed E-state index contributed by atoms with van der Waals surface area (Å²) < 4.78 is 27.1. The maximum atomic E-state index is 12.6. The summed E-state index contributed by atoms with van der Waals surface area (Å²) >= 11 is 3.58. The van der Waals surface area contributed by atoms with Gasteiger partial charge in [-0.3, -0.25) is 4.79 Å². The smallest absolute Gasteiger partial charge is 0.179 e. The molecule has 128 valence electrons. The highest BCUT2D eigenvalue weighted by Crippen LogP contribution is 2.34. The zero-order valence-electron chi connectivity index (χ0n) is 12.8. The minimum atomic E-state index is -0.324. The topological polar surface area (TPSA) is 50.5 Å². The van der Waals surface area contributed by atoms with Crippen molar-refractivity contribution >= 4 is 60.9 Å². The van der Waals surface area contributed by atoms with Gasteiger partial charge < -0.3 is 0 Å². The number of ketones is 1. The number of thiol groups is 1. The van der Waals surface area contributed by atoms with Crippen molar-refractivity contribution in [3.05, 3.63) is 12.8 Å². The quantitative estimate of drug-likeness (QED) is 0.349. The molecule has 1 atom stereocenters. The van der Waals surface area contributed by atoms with Crippen molar-refractivity contribution in [1.82, 2.24) is 13.5 Å². The van der Waals surface area contributed by atoms with Gasteiger partial charge in [0, 0.05) is 19.1 Å². The van der Waals surface area contributed by atoms with Crippen LogP contribution in [0.15, 0.2) is 22.7 Å². The van der Waals surface area contributed by atoms with Crippen molar-refractivity contribution in [3.63, 3.8) is 0 Å². The number of carbonyl (C=O) groups excluding carboxylic acids is 1. The Morgan fingerprint density at radius 3 is 2.83 bits per heavy atom. The first-order valence-electron chi connectivity index (χ1n) is 6.84. The lowest BCUT2D eigenvalue weighted by atomic mass is 10.0. The van der Waals surface area contributed by atoms with Gasteiger partial charge in [0.05, 0.1) is 11.1 Å². The molecule has 1 aromatic rings. The molecule has 0 aliphatic heterocycles. The van der Waals surface area contributed by atoms with Gasteiger partial charge in [0.25, 0.3) is 0 Å². The minimum Gasteiger partial charge on any atom is -0.300 e. The molecular formula is C13H18F2N4OS3. The van der Waals surface area contributed by atoms with Crippen molar-refractivity contribution in [1.29, 1.82) is 0 Å². The summed E-state index contributed by atoms with van der Waals surface area (Å²) in [7, 11) is 0. The normalized spacial score (nSPS) is 12.6. The Bertz CT molecular complexity index is 576. The standard InChI is InChI=1S/C13H18F2N4OS3/c1-4-11(20)6-5-9(2)7-16-13-12(21)8-17-18(13)10(3)19(22-14)23-15/h7-9,21H,3-6H2,1-2H3/b16-7+. The molecule has 0 saturated heterocycles. The van der Waals surface area contributed by atoms with Gasteiger partial charge in [-0.25, -0.2) is 4.99 Å². The van der Waals surface area contributed by atoms with Gasteiger partial charge in [-0.15, -0.1) is 20.4 Å². The fourth-order valence-electron chi connectivity index (χ4n) is 1.65. The van der Waals surface area contributed by atoms with Gasteiger partial charge in [-0.05, 0) is 12.3 Å². The van der Waals surface area contributed by atoms with E-state index in [1.54, 1.807) is 6.21 Å². The Kier molecular flexibility index (Phi) is 8.71. The second-order valence-electron chi connectivity index (χ2n) is 4.76. The van der Waals surface area contributed by atoms with E-state index in [1.807, 2.05) is 13.8 Å². The van der Waals surface area contributed by atoms with E-state index in [2.05, 4.69) is 29.3 Å². The number of hydrogen-bond acceptors (Lipinski definition) is 7. The molecule has 0 N–H and O–H groups in total. The van der Waals surface area contributed by atoms with Crippen molar-refractivity contribution < 1.29 is 12.6 Å². The highest BCUT2D eigenvalue weighted by Gasteiger charge is 2.17. The van der Waals surface area contributed by atoms with Crippen LogP contribution in [-0.4, -0.2) is 25.5 Å². The predicted molar refractivity (Wildman–Crippen MR) is 95.9 cm³/mol. The van der Waals surface area contributed by atoms with Gasteiger partial charge in [0.1, 0.15) is 5.78 Å². The van der Waals surface area contributed by atoms with Crippen LogP contribution in [0.1, 0.15) is 33.1 Å². The zero-order valence-corrected chi connectivity index (χ0v) is 15.3. The molecule has 0 amide bonds. The van der Waals surface area contributed by atoms with E-state index >= 15 is 0 Å².